The van der Waals surface area contributed by atoms with E-state index < -0.39 is 9.84 Å². The lowest BCUT2D eigenvalue weighted by Gasteiger charge is -2.23. The standard InChI is InChI=1S/C17H20FNO4S/c1-19(15-9-10-24(22,23)12-15)17(21)8-7-16(20)6-5-13-3-2-4-14(18)11-13/h2-6,11,15H,7-10,12H2,1H3/b6-5+. The molecule has 1 saturated heterocycles. The van der Waals surface area contributed by atoms with Crippen LogP contribution in [0.25, 0.3) is 6.08 Å². The van der Waals surface area contributed by atoms with Crippen LogP contribution in [0, 0.1) is 5.82 Å². The fourth-order valence-electron chi connectivity index (χ4n) is 2.57. The molecule has 0 saturated carbocycles. The van der Waals surface area contributed by atoms with E-state index in [1.54, 1.807) is 19.2 Å². The summed E-state index contributed by atoms with van der Waals surface area (Å²) in [5.41, 5.74) is 0.572. The molecule has 5 nitrogen and oxygen atoms in total. The first-order chi connectivity index (χ1) is 11.3. The summed E-state index contributed by atoms with van der Waals surface area (Å²) in [4.78, 5) is 25.3. The molecule has 24 heavy (non-hydrogen) atoms. The Labute approximate surface area is 141 Å². The van der Waals surface area contributed by atoms with Crippen molar-refractivity contribution in [3.8, 4) is 0 Å². The van der Waals surface area contributed by atoms with Crippen molar-refractivity contribution in [3.05, 3.63) is 41.7 Å². The minimum absolute atomic E-state index is 0.0112. The summed E-state index contributed by atoms with van der Waals surface area (Å²) < 4.78 is 35.9. The number of carbonyl (C=O) groups excluding carboxylic acids is 2. The molecule has 1 aliphatic rings. The highest BCUT2D eigenvalue weighted by atomic mass is 32.2. The summed E-state index contributed by atoms with van der Waals surface area (Å²) in [7, 11) is -1.48. The minimum Gasteiger partial charge on any atom is -0.342 e. The number of allylic oxidation sites excluding steroid dienone is 1. The molecular formula is C17H20FNO4S. The normalized spacial score (nSPS) is 19.5. The van der Waals surface area contributed by atoms with E-state index in [1.807, 2.05) is 0 Å². The van der Waals surface area contributed by atoms with Crippen LogP contribution in [0.1, 0.15) is 24.8 Å². The molecule has 0 radical (unpaired) electrons. The van der Waals surface area contributed by atoms with Gasteiger partial charge in [-0.05, 0) is 30.2 Å². The van der Waals surface area contributed by atoms with Crippen molar-refractivity contribution in [2.45, 2.75) is 25.3 Å². The van der Waals surface area contributed by atoms with Crippen molar-refractivity contribution < 1.29 is 22.4 Å². The molecule has 0 spiro atoms. The molecule has 1 aromatic carbocycles. The van der Waals surface area contributed by atoms with Gasteiger partial charge in [0.05, 0.1) is 11.5 Å². The number of rotatable bonds is 6. The van der Waals surface area contributed by atoms with Gasteiger partial charge in [-0.25, -0.2) is 12.8 Å². The van der Waals surface area contributed by atoms with Crippen molar-refractivity contribution >= 4 is 27.6 Å². The third-order valence-electron chi connectivity index (χ3n) is 4.05. The van der Waals surface area contributed by atoms with Gasteiger partial charge in [0.25, 0.3) is 0 Å². The van der Waals surface area contributed by atoms with Crippen molar-refractivity contribution in [1.82, 2.24) is 4.90 Å². The van der Waals surface area contributed by atoms with Gasteiger partial charge < -0.3 is 4.90 Å². The highest BCUT2D eigenvalue weighted by molar-refractivity contribution is 7.91. The maximum atomic E-state index is 13.0. The van der Waals surface area contributed by atoms with Gasteiger partial charge in [-0.2, -0.15) is 0 Å². The second kappa shape index (κ2) is 7.70. The molecule has 2 rings (SSSR count). The molecule has 0 N–H and O–H groups in total. The zero-order chi connectivity index (χ0) is 17.7. The lowest BCUT2D eigenvalue weighted by molar-refractivity contribution is -0.133. The number of amides is 1. The average Bonchev–Trinajstić information content (AvgIpc) is 2.90. The highest BCUT2D eigenvalue weighted by Crippen LogP contribution is 2.17. The van der Waals surface area contributed by atoms with Crippen LogP contribution in [0.15, 0.2) is 30.3 Å². The zero-order valence-electron chi connectivity index (χ0n) is 13.4. The van der Waals surface area contributed by atoms with Crippen LogP contribution < -0.4 is 0 Å². The van der Waals surface area contributed by atoms with E-state index in [0.29, 0.717) is 12.0 Å². The SMILES string of the molecule is CN(C(=O)CCC(=O)/C=C/c1cccc(F)c1)C1CCS(=O)(=O)C1. The van der Waals surface area contributed by atoms with Crippen LogP contribution in [0.5, 0.6) is 0 Å². The van der Waals surface area contributed by atoms with E-state index >= 15 is 0 Å². The maximum Gasteiger partial charge on any atom is 0.223 e. The molecule has 1 fully saturated rings. The molecule has 0 bridgehead atoms. The van der Waals surface area contributed by atoms with Crippen LogP contribution in [-0.4, -0.2) is 49.6 Å². The van der Waals surface area contributed by atoms with Crippen LogP contribution in [0.3, 0.4) is 0 Å². The number of nitrogens with zero attached hydrogens (tertiary/aromatic N) is 1. The molecule has 1 atom stereocenters. The number of benzene rings is 1. The van der Waals surface area contributed by atoms with E-state index in [-0.39, 0.29) is 47.9 Å². The molecular weight excluding hydrogens is 333 g/mol. The summed E-state index contributed by atoms with van der Waals surface area (Å²) in [6.07, 6.45) is 3.33. The van der Waals surface area contributed by atoms with E-state index in [9.17, 15) is 22.4 Å². The largest absolute Gasteiger partial charge is 0.342 e. The van der Waals surface area contributed by atoms with Gasteiger partial charge in [0.15, 0.2) is 15.6 Å². The Bertz CT molecular complexity index is 758. The molecule has 1 heterocycles. The Balaban J connectivity index is 1.82. The fourth-order valence-corrected chi connectivity index (χ4v) is 4.35. The fraction of sp³-hybridized carbons (Fsp3) is 0.412. The number of sulfone groups is 1. The van der Waals surface area contributed by atoms with Crippen LogP contribution in [0.4, 0.5) is 4.39 Å². The Morgan fingerprint density at radius 2 is 2.08 bits per heavy atom. The number of halogens is 1. The Kier molecular flexibility index (Phi) is 5.88. The molecule has 7 heteroatoms. The topological polar surface area (TPSA) is 71.5 Å². The number of hydrogen-bond acceptors (Lipinski definition) is 4. The molecule has 130 valence electrons. The molecule has 0 aromatic heterocycles. The van der Waals surface area contributed by atoms with Gasteiger partial charge in [-0.1, -0.05) is 18.2 Å². The average molecular weight is 353 g/mol. The summed E-state index contributed by atoms with van der Waals surface area (Å²) in [5.74, 6) is -0.773. The third kappa shape index (κ3) is 5.26. The Morgan fingerprint density at radius 3 is 2.71 bits per heavy atom. The van der Waals surface area contributed by atoms with Crippen molar-refractivity contribution in [3.63, 3.8) is 0 Å². The second-order valence-corrected chi connectivity index (χ2v) is 8.14. The van der Waals surface area contributed by atoms with Crippen molar-refractivity contribution in [2.75, 3.05) is 18.6 Å². The van der Waals surface area contributed by atoms with Gasteiger partial charge in [0.1, 0.15) is 5.82 Å². The second-order valence-electron chi connectivity index (χ2n) is 5.92. The van der Waals surface area contributed by atoms with E-state index in [4.69, 9.17) is 0 Å². The smallest absolute Gasteiger partial charge is 0.223 e. The van der Waals surface area contributed by atoms with Gasteiger partial charge in [0, 0.05) is 25.9 Å². The monoisotopic (exact) mass is 353 g/mol. The van der Waals surface area contributed by atoms with Crippen LogP contribution >= 0.6 is 0 Å². The first-order valence-electron chi connectivity index (χ1n) is 7.69. The van der Waals surface area contributed by atoms with Crippen LogP contribution in [0.2, 0.25) is 0 Å². The van der Waals surface area contributed by atoms with Crippen molar-refractivity contribution in [1.29, 1.82) is 0 Å². The first kappa shape index (κ1) is 18.3. The number of carbonyl (C=O) groups is 2. The van der Waals surface area contributed by atoms with E-state index in [1.165, 1.54) is 29.2 Å². The molecule has 0 aliphatic carbocycles. The Hall–Kier alpha value is -2.02. The number of hydrogen-bond donors (Lipinski definition) is 0. The van der Waals surface area contributed by atoms with Crippen LogP contribution in [-0.2, 0) is 19.4 Å². The van der Waals surface area contributed by atoms with Crippen molar-refractivity contribution in [2.24, 2.45) is 0 Å². The summed E-state index contributed by atoms with van der Waals surface area (Å²) in [6.45, 7) is 0. The first-order valence-corrected chi connectivity index (χ1v) is 9.51. The van der Waals surface area contributed by atoms with E-state index in [0.717, 1.165) is 0 Å². The molecule has 1 unspecified atom stereocenters. The lowest BCUT2D eigenvalue weighted by Crippen LogP contribution is -2.37. The quantitative estimate of drug-likeness (QED) is 0.732. The maximum absolute atomic E-state index is 13.0. The summed E-state index contributed by atoms with van der Waals surface area (Å²) >= 11 is 0. The van der Waals surface area contributed by atoms with E-state index in [2.05, 4.69) is 0 Å². The zero-order valence-corrected chi connectivity index (χ0v) is 14.3. The predicted molar refractivity (Wildman–Crippen MR) is 89.5 cm³/mol. The van der Waals surface area contributed by atoms with Gasteiger partial charge >= 0.3 is 0 Å². The third-order valence-corrected chi connectivity index (χ3v) is 5.80. The van der Waals surface area contributed by atoms with Gasteiger partial charge in [-0.3, -0.25) is 9.59 Å². The summed E-state index contributed by atoms with van der Waals surface area (Å²) in [5, 5.41) is 0. The predicted octanol–water partition coefficient (Wildman–Crippen LogP) is 1.83. The minimum atomic E-state index is -3.05. The molecule has 1 amide bonds. The molecule has 1 aliphatic heterocycles. The van der Waals surface area contributed by atoms with Gasteiger partial charge in [-0.15, -0.1) is 0 Å². The number of ketones is 1. The summed E-state index contributed by atoms with van der Waals surface area (Å²) in [6, 6.07) is 5.54. The molecule has 1 aromatic rings. The Morgan fingerprint density at radius 1 is 1.33 bits per heavy atom. The highest BCUT2D eigenvalue weighted by Gasteiger charge is 2.32. The van der Waals surface area contributed by atoms with Gasteiger partial charge in [0.2, 0.25) is 5.91 Å². The lowest BCUT2D eigenvalue weighted by atomic mass is 10.1.